The number of rotatable bonds is 2. The number of hydrogen-bond acceptors (Lipinski definition) is 3. The van der Waals surface area contributed by atoms with Gasteiger partial charge < -0.3 is 4.90 Å². The van der Waals surface area contributed by atoms with Crippen LogP contribution in [0.3, 0.4) is 0 Å². The van der Waals surface area contributed by atoms with E-state index in [4.69, 9.17) is 11.6 Å². The Morgan fingerprint density at radius 3 is 2.80 bits per heavy atom. The molecule has 0 radical (unpaired) electrons. The Kier molecular flexibility index (Phi) is 3.70. The summed E-state index contributed by atoms with van der Waals surface area (Å²) in [7, 11) is 0. The molecule has 2 aromatic rings. The highest BCUT2D eigenvalue weighted by Crippen LogP contribution is 2.24. The van der Waals surface area contributed by atoms with Crippen molar-refractivity contribution in [1.82, 2.24) is 10.2 Å². The number of nitrogens with zero attached hydrogens (tertiary/aromatic N) is 3. The summed E-state index contributed by atoms with van der Waals surface area (Å²) in [5.41, 5.74) is 3.92. The molecule has 0 atom stereocenters. The number of hydrogen-bond donors (Lipinski definition) is 0. The van der Waals surface area contributed by atoms with Crippen molar-refractivity contribution in [2.45, 2.75) is 13.3 Å². The minimum absolute atomic E-state index is 0.431. The Hall–Kier alpha value is -1.87. The average molecular weight is 286 g/mol. The SMILES string of the molecule is Cc1cccc(C2=CCCN(c3ccc(Cl)nn3)C2)c1. The lowest BCUT2D eigenvalue weighted by atomic mass is 9.99. The molecule has 3 rings (SSSR count). The number of benzene rings is 1. The van der Waals surface area contributed by atoms with Gasteiger partial charge in [-0.05, 0) is 36.6 Å². The van der Waals surface area contributed by atoms with Crippen molar-refractivity contribution in [3.05, 3.63) is 58.8 Å². The minimum atomic E-state index is 0.431. The van der Waals surface area contributed by atoms with E-state index in [9.17, 15) is 0 Å². The van der Waals surface area contributed by atoms with Crippen molar-refractivity contribution in [2.75, 3.05) is 18.0 Å². The third-order valence-corrected chi connectivity index (χ3v) is 3.68. The summed E-state index contributed by atoms with van der Waals surface area (Å²) < 4.78 is 0. The lowest BCUT2D eigenvalue weighted by molar-refractivity contribution is 0.800. The van der Waals surface area contributed by atoms with Crippen molar-refractivity contribution < 1.29 is 0 Å². The number of aromatic nitrogens is 2. The van der Waals surface area contributed by atoms with E-state index in [0.717, 1.165) is 25.3 Å². The molecular weight excluding hydrogens is 270 g/mol. The molecule has 0 saturated carbocycles. The van der Waals surface area contributed by atoms with E-state index in [0.29, 0.717) is 5.15 Å². The van der Waals surface area contributed by atoms with Gasteiger partial charge in [-0.3, -0.25) is 0 Å². The van der Waals surface area contributed by atoms with Crippen molar-refractivity contribution in [1.29, 1.82) is 0 Å². The second kappa shape index (κ2) is 5.63. The second-order valence-electron chi connectivity index (χ2n) is 5.02. The van der Waals surface area contributed by atoms with Crippen LogP contribution in [0.5, 0.6) is 0 Å². The molecule has 4 heteroatoms. The average Bonchev–Trinajstić information content (AvgIpc) is 2.48. The summed E-state index contributed by atoms with van der Waals surface area (Å²) in [6, 6.07) is 12.3. The summed E-state index contributed by atoms with van der Waals surface area (Å²) in [6.07, 6.45) is 3.34. The second-order valence-corrected chi connectivity index (χ2v) is 5.41. The van der Waals surface area contributed by atoms with Crippen LogP contribution in [0.4, 0.5) is 5.82 Å². The first-order valence-electron chi connectivity index (χ1n) is 6.72. The van der Waals surface area contributed by atoms with Crippen LogP contribution in [0.25, 0.3) is 5.57 Å². The Bertz CT molecular complexity index is 634. The lowest BCUT2D eigenvalue weighted by Crippen LogP contribution is -2.30. The third kappa shape index (κ3) is 2.83. The van der Waals surface area contributed by atoms with Gasteiger partial charge in [0.05, 0.1) is 0 Å². The molecule has 0 amide bonds. The maximum Gasteiger partial charge on any atom is 0.151 e. The van der Waals surface area contributed by atoms with Crippen LogP contribution in [0, 0.1) is 6.92 Å². The molecule has 2 heterocycles. The van der Waals surface area contributed by atoms with Crippen molar-refractivity contribution >= 4 is 23.0 Å². The van der Waals surface area contributed by atoms with Gasteiger partial charge in [0.25, 0.3) is 0 Å². The van der Waals surface area contributed by atoms with E-state index in [1.54, 1.807) is 6.07 Å². The molecule has 0 saturated heterocycles. The first kappa shape index (κ1) is 13.1. The standard InChI is InChI=1S/C16H16ClN3/c1-12-4-2-5-13(10-12)14-6-3-9-20(11-14)16-8-7-15(17)18-19-16/h2,4-8,10H,3,9,11H2,1H3. The Morgan fingerprint density at radius 2 is 2.05 bits per heavy atom. The predicted molar refractivity (Wildman–Crippen MR) is 83.0 cm³/mol. The smallest absolute Gasteiger partial charge is 0.151 e. The number of halogens is 1. The highest BCUT2D eigenvalue weighted by molar-refractivity contribution is 6.29. The minimum Gasteiger partial charge on any atom is -0.350 e. The van der Waals surface area contributed by atoms with Crippen LogP contribution in [-0.2, 0) is 0 Å². The van der Waals surface area contributed by atoms with Crippen LogP contribution < -0.4 is 4.90 Å². The van der Waals surface area contributed by atoms with Gasteiger partial charge >= 0.3 is 0 Å². The fraction of sp³-hybridized carbons (Fsp3) is 0.250. The molecule has 1 aromatic heterocycles. The summed E-state index contributed by atoms with van der Waals surface area (Å²) >= 11 is 5.79. The molecule has 0 spiro atoms. The summed E-state index contributed by atoms with van der Waals surface area (Å²) in [4.78, 5) is 2.24. The Labute approximate surface area is 123 Å². The molecule has 1 aliphatic rings. The van der Waals surface area contributed by atoms with Crippen molar-refractivity contribution in [3.8, 4) is 0 Å². The summed E-state index contributed by atoms with van der Waals surface area (Å²) in [5, 5.41) is 8.52. The molecule has 20 heavy (non-hydrogen) atoms. The van der Waals surface area contributed by atoms with Gasteiger partial charge in [0, 0.05) is 13.1 Å². The van der Waals surface area contributed by atoms with Crippen LogP contribution >= 0.6 is 11.6 Å². The van der Waals surface area contributed by atoms with Gasteiger partial charge in [-0.25, -0.2) is 0 Å². The Balaban J connectivity index is 1.82. The molecule has 0 aliphatic carbocycles. The number of aryl methyl sites for hydroxylation is 1. The zero-order valence-electron chi connectivity index (χ0n) is 11.4. The van der Waals surface area contributed by atoms with E-state index in [1.165, 1.54) is 16.7 Å². The zero-order chi connectivity index (χ0) is 13.9. The summed E-state index contributed by atoms with van der Waals surface area (Å²) in [6.45, 7) is 3.95. The van der Waals surface area contributed by atoms with Crippen molar-refractivity contribution in [3.63, 3.8) is 0 Å². The Morgan fingerprint density at radius 1 is 1.15 bits per heavy atom. The zero-order valence-corrected chi connectivity index (χ0v) is 12.1. The molecular formula is C16H16ClN3. The maximum atomic E-state index is 5.79. The molecule has 102 valence electrons. The van der Waals surface area contributed by atoms with Gasteiger partial charge in [-0.15, -0.1) is 10.2 Å². The maximum absolute atomic E-state index is 5.79. The van der Waals surface area contributed by atoms with E-state index in [-0.39, 0.29) is 0 Å². The molecule has 3 nitrogen and oxygen atoms in total. The monoisotopic (exact) mass is 285 g/mol. The van der Waals surface area contributed by atoms with Gasteiger partial charge in [-0.2, -0.15) is 0 Å². The molecule has 1 aliphatic heterocycles. The highest BCUT2D eigenvalue weighted by atomic mass is 35.5. The van der Waals surface area contributed by atoms with E-state index < -0.39 is 0 Å². The highest BCUT2D eigenvalue weighted by Gasteiger charge is 2.15. The van der Waals surface area contributed by atoms with Gasteiger partial charge in [0.1, 0.15) is 0 Å². The molecule has 0 fully saturated rings. The summed E-state index contributed by atoms with van der Waals surface area (Å²) in [5.74, 6) is 0.882. The molecule has 0 bridgehead atoms. The van der Waals surface area contributed by atoms with Crippen LogP contribution in [0.2, 0.25) is 5.15 Å². The number of anilines is 1. The third-order valence-electron chi connectivity index (χ3n) is 3.48. The quantitative estimate of drug-likeness (QED) is 0.842. The van der Waals surface area contributed by atoms with Crippen LogP contribution in [0.15, 0.2) is 42.5 Å². The van der Waals surface area contributed by atoms with Crippen LogP contribution in [0.1, 0.15) is 17.5 Å². The molecule has 0 unspecified atom stereocenters. The molecule has 0 N–H and O–H groups in total. The predicted octanol–water partition coefficient (Wildman–Crippen LogP) is 3.73. The van der Waals surface area contributed by atoms with Crippen LogP contribution in [-0.4, -0.2) is 23.3 Å². The largest absolute Gasteiger partial charge is 0.350 e. The van der Waals surface area contributed by atoms with Gasteiger partial charge in [0.15, 0.2) is 11.0 Å². The van der Waals surface area contributed by atoms with E-state index in [1.807, 2.05) is 6.07 Å². The van der Waals surface area contributed by atoms with Crippen molar-refractivity contribution in [2.24, 2.45) is 0 Å². The van der Waals surface area contributed by atoms with Gasteiger partial charge in [-0.1, -0.05) is 47.5 Å². The fourth-order valence-corrected chi connectivity index (χ4v) is 2.57. The van der Waals surface area contributed by atoms with E-state index >= 15 is 0 Å². The topological polar surface area (TPSA) is 29.0 Å². The van der Waals surface area contributed by atoms with Gasteiger partial charge in [0.2, 0.25) is 0 Å². The van der Waals surface area contributed by atoms with E-state index in [2.05, 4.69) is 52.4 Å². The fourth-order valence-electron chi connectivity index (χ4n) is 2.47. The first-order valence-corrected chi connectivity index (χ1v) is 7.10. The molecule has 1 aromatic carbocycles. The normalized spacial score (nSPS) is 15.1. The first-order chi connectivity index (χ1) is 9.72. The lowest BCUT2D eigenvalue weighted by Gasteiger charge is -2.28.